The van der Waals surface area contributed by atoms with Gasteiger partial charge in [-0.2, -0.15) is 0 Å². The Kier molecular flexibility index (Phi) is 2.90. The second-order valence-corrected chi connectivity index (χ2v) is 3.74. The maximum Gasteiger partial charge on any atom is 0.315 e. The zero-order chi connectivity index (χ0) is 10.7. The van der Waals surface area contributed by atoms with Crippen molar-refractivity contribution < 1.29 is 9.53 Å². The number of esters is 1. The Morgan fingerprint density at radius 2 is 2.60 bits per heavy atom. The van der Waals surface area contributed by atoms with Crippen LogP contribution >= 0.6 is 0 Å². The molecule has 0 saturated carbocycles. The second kappa shape index (κ2) is 4.34. The number of fused-ring (bicyclic) bond motifs is 1. The molecule has 0 saturated heterocycles. The number of ether oxygens (including phenoxy) is 1. The molecule has 1 aliphatic heterocycles. The van der Waals surface area contributed by atoms with Gasteiger partial charge in [0.05, 0.1) is 5.92 Å². The molecular formula is C12H15NO2. The first-order valence-corrected chi connectivity index (χ1v) is 5.25. The SMILES string of the molecule is C=CCOC(=O)C1CCCn2cccc21. The Morgan fingerprint density at radius 1 is 1.73 bits per heavy atom. The molecule has 0 amide bonds. The van der Waals surface area contributed by atoms with Crippen molar-refractivity contribution in [1.82, 2.24) is 4.57 Å². The average Bonchev–Trinajstić information content (AvgIpc) is 2.73. The highest BCUT2D eigenvalue weighted by Crippen LogP contribution is 2.28. The van der Waals surface area contributed by atoms with E-state index in [9.17, 15) is 4.79 Å². The van der Waals surface area contributed by atoms with E-state index in [2.05, 4.69) is 11.1 Å². The van der Waals surface area contributed by atoms with Crippen LogP contribution in [0.3, 0.4) is 0 Å². The van der Waals surface area contributed by atoms with Gasteiger partial charge in [0.2, 0.25) is 0 Å². The molecule has 1 aliphatic rings. The molecule has 3 nitrogen and oxygen atoms in total. The van der Waals surface area contributed by atoms with E-state index >= 15 is 0 Å². The van der Waals surface area contributed by atoms with Crippen molar-refractivity contribution in [3.05, 3.63) is 36.7 Å². The molecule has 1 atom stereocenters. The third-order valence-electron chi connectivity index (χ3n) is 2.74. The zero-order valence-electron chi connectivity index (χ0n) is 8.69. The molecule has 80 valence electrons. The predicted molar refractivity (Wildman–Crippen MR) is 57.6 cm³/mol. The fourth-order valence-electron chi connectivity index (χ4n) is 2.04. The highest BCUT2D eigenvalue weighted by Gasteiger charge is 2.27. The van der Waals surface area contributed by atoms with E-state index in [1.165, 1.54) is 0 Å². The van der Waals surface area contributed by atoms with Crippen LogP contribution in [0.1, 0.15) is 24.5 Å². The van der Waals surface area contributed by atoms with Gasteiger partial charge in [-0.1, -0.05) is 12.7 Å². The molecule has 1 aromatic rings. The number of hydrogen-bond donors (Lipinski definition) is 0. The quantitative estimate of drug-likeness (QED) is 0.559. The molecule has 2 rings (SSSR count). The normalized spacial score (nSPS) is 19.3. The molecule has 0 aromatic carbocycles. The van der Waals surface area contributed by atoms with Gasteiger partial charge in [-0.25, -0.2) is 0 Å². The lowest BCUT2D eigenvalue weighted by molar-refractivity contribution is -0.144. The van der Waals surface area contributed by atoms with Gasteiger partial charge < -0.3 is 9.30 Å². The van der Waals surface area contributed by atoms with Crippen LogP contribution in [0.5, 0.6) is 0 Å². The molecule has 0 radical (unpaired) electrons. The average molecular weight is 205 g/mol. The van der Waals surface area contributed by atoms with Crippen LogP contribution in [0.4, 0.5) is 0 Å². The summed E-state index contributed by atoms with van der Waals surface area (Å²) in [5.74, 6) is -0.219. The fraction of sp³-hybridized carbons (Fsp3) is 0.417. The van der Waals surface area contributed by atoms with E-state index in [0.717, 1.165) is 25.1 Å². The van der Waals surface area contributed by atoms with Gasteiger partial charge in [0, 0.05) is 18.4 Å². The fourth-order valence-corrected chi connectivity index (χ4v) is 2.04. The van der Waals surface area contributed by atoms with E-state index in [-0.39, 0.29) is 11.9 Å². The van der Waals surface area contributed by atoms with E-state index in [1.54, 1.807) is 6.08 Å². The number of carbonyl (C=O) groups is 1. The summed E-state index contributed by atoms with van der Waals surface area (Å²) in [6.45, 7) is 4.84. The maximum atomic E-state index is 11.7. The molecule has 0 spiro atoms. The van der Waals surface area contributed by atoms with Crippen molar-refractivity contribution in [3.63, 3.8) is 0 Å². The standard InChI is InChI=1S/C12H15NO2/c1-2-9-15-12(14)10-5-3-7-13-8-4-6-11(10)13/h2,4,6,8,10H,1,3,5,7,9H2. The van der Waals surface area contributed by atoms with Crippen LogP contribution in [-0.4, -0.2) is 17.1 Å². The summed E-state index contributed by atoms with van der Waals surface area (Å²) in [7, 11) is 0. The van der Waals surface area contributed by atoms with Gasteiger partial charge in [0.25, 0.3) is 0 Å². The summed E-state index contributed by atoms with van der Waals surface area (Å²) < 4.78 is 7.21. The smallest absolute Gasteiger partial charge is 0.315 e. The van der Waals surface area contributed by atoms with Crippen LogP contribution in [-0.2, 0) is 16.1 Å². The van der Waals surface area contributed by atoms with E-state index in [4.69, 9.17) is 4.74 Å². The molecule has 0 bridgehead atoms. The van der Waals surface area contributed by atoms with Crippen molar-refractivity contribution in [1.29, 1.82) is 0 Å². The Labute approximate surface area is 89.3 Å². The Morgan fingerprint density at radius 3 is 3.40 bits per heavy atom. The number of hydrogen-bond acceptors (Lipinski definition) is 2. The van der Waals surface area contributed by atoms with Crippen LogP contribution in [0.15, 0.2) is 31.0 Å². The zero-order valence-corrected chi connectivity index (χ0v) is 8.69. The van der Waals surface area contributed by atoms with Gasteiger partial charge >= 0.3 is 5.97 Å². The molecule has 1 unspecified atom stereocenters. The van der Waals surface area contributed by atoms with Crippen molar-refractivity contribution in [2.75, 3.05) is 6.61 Å². The maximum absolute atomic E-state index is 11.7. The van der Waals surface area contributed by atoms with Crippen LogP contribution < -0.4 is 0 Å². The van der Waals surface area contributed by atoms with Crippen molar-refractivity contribution in [2.45, 2.75) is 25.3 Å². The molecular weight excluding hydrogens is 190 g/mol. The van der Waals surface area contributed by atoms with Crippen molar-refractivity contribution >= 4 is 5.97 Å². The molecule has 0 N–H and O–H groups in total. The molecule has 1 aromatic heterocycles. The first-order chi connectivity index (χ1) is 7.33. The lowest BCUT2D eigenvalue weighted by Gasteiger charge is -2.23. The number of carbonyl (C=O) groups excluding carboxylic acids is 1. The molecule has 15 heavy (non-hydrogen) atoms. The van der Waals surface area contributed by atoms with Gasteiger partial charge in [0.15, 0.2) is 0 Å². The summed E-state index contributed by atoms with van der Waals surface area (Å²) in [6.07, 6.45) is 5.54. The van der Waals surface area contributed by atoms with Gasteiger partial charge in [-0.05, 0) is 25.0 Å². The number of nitrogens with zero attached hydrogens (tertiary/aromatic N) is 1. The Bertz CT molecular complexity index is 367. The summed E-state index contributed by atoms with van der Waals surface area (Å²) in [5, 5.41) is 0. The number of aromatic nitrogens is 1. The summed E-state index contributed by atoms with van der Waals surface area (Å²) in [5.41, 5.74) is 1.08. The lowest BCUT2D eigenvalue weighted by atomic mass is 9.96. The van der Waals surface area contributed by atoms with Crippen molar-refractivity contribution in [2.24, 2.45) is 0 Å². The minimum absolute atomic E-state index is 0.0892. The predicted octanol–water partition coefficient (Wildman–Crippen LogP) is 2.09. The molecule has 0 aliphatic carbocycles. The highest BCUT2D eigenvalue weighted by molar-refractivity contribution is 5.77. The summed E-state index contributed by atoms with van der Waals surface area (Å²) >= 11 is 0. The van der Waals surface area contributed by atoms with Crippen LogP contribution in [0.2, 0.25) is 0 Å². The van der Waals surface area contributed by atoms with Gasteiger partial charge in [0.1, 0.15) is 6.61 Å². The minimum atomic E-state index is -0.130. The first kappa shape index (κ1) is 10.0. The third-order valence-corrected chi connectivity index (χ3v) is 2.74. The Hall–Kier alpha value is -1.51. The summed E-state index contributed by atoms with van der Waals surface area (Å²) in [4.78, 5) is 11.7. The third kappa shape index (κ3) is 1.96. The lowest BCUT2D eigenvalue weighted by Crippen LogP contribution is -2.23. The summed E-state index contributed by atoms with van der Waals surface area (Å²) in [6, 6.07) is 3.98. The second-order valence-electron chi connectivity index (χ2n) is 3.74. The molecule has 2 heterocycles. The van der Waals surface area contributed by atoms with Gasteiger partial charge in [-0.15, -0.1) is 0 Å². The van der Waals surface area contributed by atoms with Crippen LogP contribution in [0, 0.1) is 0 Å². The molecule has 3 heteroatoms. The minimum Gasteiger partial charge on any atom is -0.461 e. The van der Waals surface area contributed by atoms with E-state index in [1.807, 2.05) is 18.3 Å². The first-order valence-electron chi connectivity index (χ1n) is 5.25. The van der Waals surface area contributed by atoms with Crippen LogP contribution in [0.25, 0.3) is 0 Å². The monoisotopic (exact) mass is 205 g/mol. The van der Waals surface area contributed by atoms with Gasteiger partial charge in [-0.3, -0.25) is 4.79 Å². The Balaban J connectivity index is 2.11. The molecule has 0 fully saturated rings. The van der Waals surface area contributed by atoms with E-state index < -0.39 is 0 Å². The number of rotatable bonds is 3. The van der Waals surface area contributed by atoms with Crippen molar-refractivity contribution in [3.8, 4) is 0 Å². The largest absolute Gasteiger partial charge is 0.461 e. The topological polar surface area (TPSA) is 31.2 Å². The number of aryl methyl sites for hydroxylation is 1. The van der Waals surface area contributed by atoms with E-state index in [0.29, 0.717) is 6.61 Å². The highest BCUT2D eigenvalue weighted by atomic mass is 16.5.